The number of amides is 1. The van der Waals surface area contributed by atoms with Gasteiger partial charge < -0.3 is 5.32 Å². The van der Waals surface area contributed by atoms with Gasteiger partial charge in [-0.1, -0.05) is 42.5 Å². The van der Waals surface area contributed by atoms with E-state index in [1.54, 1.807) is 43.3 Å². The lowest BCUT2D eigenvalue weighted by Gasteiger charge is -2.08. The normalized spacial score (nSPS) is 10.4. The number of aryl methyl sites for hydroxylation is 1. The Labute approximate surface area is 172 Å². The average Bonchev–Trinajstić information content (AvgIpc) is 2.74. The maximum Gasteiger partial charge on any atom is 0.293 e. The van der Waals surface area contributed by atoms with Crippen molar-refractivity contribution in [2.45, 2.75) is 11.8 Å². The maximum absolute atomic E-state index is 12.6. The molecule has 0 aliphatic rings. The van der Waals surface area contributed by atoms with Crippen LogP contribution in [0.3, 0.4) is 0 Å². The van der Waals surface area contributed by atoms with Gasteiger partial charge in [0, 0.05) is 22.1 Å². The number of nitrogens with zero attached hydrogens (tertiary/aromatic N) is 1. The first-order chi connectivity index (χ1) is 13.9. The number of hydrogen-bond donors (Lipinski definition) is 1. The largest absolute Gasteiger partial charge is 0.316 e. The van der Waals surface area contributed by atoms with E-state index in [-0.39, 0.29) is 22.9 Å². The molecule has 0 aliphatic heterocycles. The molecule has 29 heavy (non-hydrogen) atoms. The van der Waals surface area contributed by atoms with Crippen molar-refractivity contribution in [1.29, 1.82) is 0 Å². The second-order valence-electron chi connectivity index (χ2n) is 6.34. The van der Waals surface area contributed by atoms with E-state index in [1.807, 2.05) is 24.3 Å². The summed E-state index contributed by atoms with van der Waals surface area (Å²) in [6, 6.07) is 20.5. The molecule has 7 heteroatoms. The van der Waals surface area contributed by atoms with Gasteiger partial charge in [0.05, 0.1) is 10.7 Å². The summed E-state index contributed by atoms with van der Waals surface area (Å²) < 4.78 is 0. The zero-order chi connectivity index (χ0) is 20.8. The molecule has 0 unspecified atom stereocenters. The van der Waals surface area contributed by atoms with Crippen molar-refractivity contribution in [1.82, 2.24) is 0 Å². The highest BCUT2D eigenvalue weighted by molar-refractivity contribution is 8.00. The second-order valence-corrected chi connectivity index (χ2v) is 7.39. The molecule has 0 atom stereocenters. The van der Waals surface area contributed by atoms with Crippen LogP contribution in [0, 0.1) is 17.0 Å². The van der Waals surface area contributed by atoms with E-state index in [0.717, 1.165) is 10.5 Å². The lowest BCUT2D eigenvalue weighted by molar-refractivity contribution is -0.384. The molecule has 3 aromatic carbocycles. The molecule has 0 saturated heterocycles. The van der Waals surface area contributed by atoms with Gasteiger partial charge in [-0.3, -0.25) is 19.7 Å². The van der Waals surface area contributed by atoms with Gasteiger partial charge in [-0.05, 0) is 36.8 Å². The van der Waals surface area contributed by atoms with E-state index in [1.165, 1.54) is 23.9 Å². The van der Waals surface area contributed by atoms with Crippen LogP contribution < -0.4 is 5.32 Å². The van der Waals surface area contributed by atoms with Crippen molar-refractivity contribution < 1.29 is 14.5 Å². The molecule has 0 saturated carbocycles. The van der Waals surface area contributed by atoms with E-state index in [4.69, 9.17) is 0 Å². The smallest absolute Gasteiger partial charge is 0.293 e. The highest BCUT2D eigenvalue weighted by Crippen LogP contribution is 2.26. The van der Waals surface area contributed by atoms with Crippen molar-refractivity contribution in [2.75, 3.05) is 11.1 Å². The molecule has 0 aliphatic carbocycles. The van der Waals surface area contributed by atoms with Crippen LogP contribution in [0.15, 0.2) is 77.7 Å². The number of ketones is 1. The third-order valence-electron chi connectivity index (χ3n) is 4.16. The van der Waals surface area contributed by atoms with Crippen molar-refractivity contribution in [3.05, 3.63) is 99.6 Å². The van der Waals surface area contributed by atoms with Crippen molar-refractivity contribution in [2.24, 2.45) is 0 Å². The first-order valence-corrected chi connectivity index (χ1v) is 9.80. The highest BCUT2D eigenvalue weighted by Gasteiger charge is 2.17. The topological polar surface area (TPSA) is 89.3 Å². The Kier molecular flexibility index (Phi) is 6.41. The van der Waals surface area contributed by atoms with Crippen LogP contribution in [0.25, 0.3) is 0 Å². The summed E-state index contributed by atoms with van der Waals surface area (Å²) in [5.74, 6) is -0.201. The fourth-order valence-electron chi connectivity index (χ4n) is 2.68. The first-order valence-electron chi connectivity index (χ1n) is 8.81. The number of benzene rings is 3. The minimum Gasteiger partial charge on any atom is -0.316 e. The maximum atomic E-state index is 12.6. The van der Waals surface area contributed by atoms with Crippen LogP contribution in [0.4, 0.5) is 11.4 Å². The number of nitrogens with one attached hydrogen (secondary N) is 1. The number of thioether (sulfide) groups is 1. The zero-order valence-corrected chi connectivity index (χ0v) is 16.4. The molecule has 0 aromatic heterocycles. The van der Waals surface area contributed by atoms with Crippen molar-refractivity contribution in [3.8, 4) is 0 Å². The Hall–Kier alpha value is -3.45. The highest BCUT2D eigenvalue weighted by atomic mass is 32.2. The van der Waals surface area contributed by atoms with Gasteiger partial charge in [-0.2, -0.15) is 0 Å². The number of Topliss-reactive ketones (excluding diaryl/α,β-unsaturated/α-hetero) is 1. The Bertz CT molecular complexity index is 1070. The molecule has 0 bridgehead atoms. The van der Waals surface area contributed by atoms with Crippen molar-refractivity contribution in [3.63, 3.8) is 0 Å². The summed E-state index contributed by atoms with van der Waals surface area (Å²) in [5, 5.41) is 13.8. The SMILES string of the molecule is Cc1ccc(NC(=O)c2cccc(SCC(=O)c3ccccc3)c2)c([N+](=O)[O-])c1. The van der Waals surface area contributed by atoms with Crippen LogP contribution in [0.1, 0.15) is 26.3 Å². The molecule has 1 amide bonds. The van der Waals surface area contributed by atoms with E-state index < -0.39 is 10.8 Å². The fraction of sp³-hybridized carbons (Fsp3) is 0.0909. The molecule has 0 fully saturated rings. The minimum absolute atomic E-state index is 0.000680. The Morgan fingerprint density at radius 2 is 1.69 bits per heavy atom. The van der Waals surface area contributed by atoms with E-state index in [9.17, 15) is 19.7 Å². The predicted molar refractivity (Wildman–Crippen MR) is 114 cm³/mol. The van der Waals surface area contributed by atoms with E-state index >= 15 is 0 Å². The van der Waals surface area contributed by atoms with Gasteiger partial charge in [0.1, 0.15) is 5.69 Å². The Balaban J connectivity index is 1.70. The predicted octanol–water partition coefficient (Wildman–Crippen LogP) is 5.13. The lowest BCUT2D eigenvalue weighted by atomic mass is 10.1. The van der Waals surface area contributed by atoms with Gasteiger partial charge >= 0.3 is 0 Å². The fourth-order valence-corrected chi connectivity index (χ4v) is 3.53. The van der Waals surface area contributed by atoms with Gasteiger partial charge in [-0.15, -0.1) is 11.8 Å². The molecule has 146 valence electrons. The number of carbonyl (C=O) groups excluding carboxylic acids is 2. The van der Waals surface area contributed by atoms with Gasteiger partial charge in [0.25, 0.3) is 11.6 Å². The third-order valence-corrected chi connectivity index (χ3v) is 5.15. The molecule has 6 nitrogen and oxygen atoms in total. The number of nitro benzene ring substituents is 1. The van der Waals surface area contributed by atoms with Gasteiger partial charge in [0.15, 0.2) is 5.78 Å². The summed E-state index contributed by atoms with van der Waals surface area (Å²) >= 11 is 1.33. The Morgan fingerprint density at radius 3 is 2.41 bits per heavy atom. The summed E-state index contributed by atoms with van der Waals surface area (Å²) in [6.45, 7) is 1.75. The summed E-state index contributed by atoms with van der Waals surface area (Å²) in [5.41, 5.74) is 1.72. The average molecular weight is 406 g/mol. The molecule has 1 N–H and O–H groups in total. The lowest BCUT2D eigenvalue weighted by Crippen LogP contribution is -2.13. The quantitative estimate of drug-likeness (QED) is 0.254. The molecule has 3 rings (SSSR count). The zero-order valence-electron chi connectivity index (χ0n) is 15.6. The number of anilines is 1. The minimum atomic E-state index is -0.524. The van der Waals surface area contributed by atoms with Crippen molar-refractivity contribution >= 4 is 34.8 Å². The van der Waals surface area contributed by atoms with Crippen LogP contribution in [0.5, 0.6) is 0 Å². The molecule has 0 heterocycles. The van der Waals surface area contributed by atoms with Gasteiger partial charge in [-0.25, -0.2) is 0 Å². The summed E-state index contributed by atoms with van der Waals surface area (Å²) in [4.78, 5) is 36.3. The standard InChI is InChI=1S/C22H18N2O4S/c1-15-10-11-19(20(12-15)24(27)28)23-22(26)17-8-5-9-18(13-17)29-14-21(25)16-6-3-2-4-7-16/h2-13H,14H2,1H3,(H,23,26). The van der Waals surface area contributed by atoms with Crippen LogP contribution in [-0.2, 0) is 0 Å². The molecule has 3 aromatic rings. The van der Waals surface area contributed by atoms with Crippen LogP contribution in [0.2, 0.25) is 0 Å². The molecular formula is C22H18N2O4S. The monoisotopic (exact) mass is 406 g/mol. The number of carbonyl (C=O) groups is 2. The third kappa shape index (κ3) is 5.30. The van der Waals surface area contributed by atoms with Crippen LogP contribution >= 0.6 is 11.8 Å². The Morgan fingerprint density at radius 1 is 0.966 bits per heavy atom. The summed E-state index contributed by atoms with van der Waals surface area (Å²) in [6.07, 6.45) is 0. The molecule has 0 radical (unpaired) electrons. The molecular weight excluding hydrogens is 388 g/mol. The van der Waals surface area contributed by atoms with Gasteiger partial charge in [0.2, 0.25) is 0 Å². The van der Waals surface area contributed by atoms with Crippen LogP contribution in [-0.4, -0.2) is 22.4 Å². The second kappa shape index (κ2) is 9.16. The number of hydrogen-bond acceptors (Lipinski definition) is 5. The first kappa shape index (κ1) is 20.3. The van der Waals surface area contributed by atoms with E-state index in [0.29, 0.717) is 11.1 Å². The van der Waals surface area contributed by atoms with E-state index in [2.05, 4.69) is 5.32 Å². The summed E-state index contributed by atoms with van der Waals surface area (Å²) in [7, 11) is 0. The number of rotatable bonds is 7. The number of nitro groups is 1. The molecule has 0 spiro atoms.